The Morgan fingerprint density at radius 1 is 1.16 bits per heavy atom. The van der Waals surface area contributed by atoms with E-state index >= 15 is 0 Å². The molecule has 0 N–H and O–H groups in total. The fourth-order valence-corrected chi connectivity index (χ4v) is 4.55. The smallest absolute Gasteiger partial charge is 0.410 e. The number of hydrogen-bond acceptors (Lipinski definition) is 7. The van der Waals surface area contributed by atoms with Crippen molar-refractivity contribution in [3.05, 3.63) is 71.2 Å². The van der Waals surface area contributed by atoms with Gasteiger partial charge in [-0.25, -0.2) is 9.59 Å². The second kappa shape index (κ2) is 10.3. The zero-order valence-electron chi connectivity index (χ0n) is 21.9. The number of furan rings is 1. The summed E-state index contributed by atoms with van der Waals surface area (Å²) in [6.07, 6.45) is 1.53. The third kappa shape index (κ3) is 5.62. The van der Waals surface area contributed by atoms with Crippen molar-refractivity contribution in [1.82, 2.24) is 4.90 Å². The fourth-order valence-electron chi connectivity index (χ4n) is 4.55. The molecule has 1 aliphatic rings. The summed E-state index contributed by atoms with van der Waals surface area (Å²) in [6, 6.07) is 14.6. The van der Waals surface area contributed by atoms with Gasteiger partial charge < -0.3 is 23.5 Å². The van der Waals surface area contributed by atoms with Crippen molar-refractivity contribution in [1.29, 1.82) is 5.26 Å². The largest absolute Gasteiger partial charge is 0.465 e. The van der Waals surface area contributed by atoms with E-state index in [-0.39, 0.29) is 18.8 Å². The van der Waals surface area contributed by atoms with Crippen LogP contribution in [-0.2, 0) is 19.8 Å². The van der Waals surface area contributed by atoms with Crippen LogP contribution in [0.4, 0.5) is 4.79 Å². The number of fused-ring (bicyclic) bond motifs is 1. The zero-order chi connectivity index (χ0) is 26.8. The minimum atomic E-state index is -1.10. The molecule has 37 heavy (non-hydrogen) atoms. The van der Waals surface area contributed by atoms with E-state index in [4.69, 9.17) is 18.6 Å². The number of ether oxygens (including phenoxy) is 3. The van der Waals surface area contributed by atoms with Crippen molar-refractivity contribution in [3.63, 3.8) is 0 Å². The molecule has 0 saturated carbocycles. The average molecular weight is 505 g/mol. The van der Waals surface area contributed by atoms with Crippen molar-refractivity contribution in [3.8, 4) is 6.07 Å². The molecule has 2 heterocycles. The SMILES string of the molecule is CCOC(=O)c1cccc(C(C)(O[C@H]2CCN(C(=O)OC(C)(C)C)C2)c2occ3cc(C#N)ccc23)c1. The first kappa shape index (κ1) is 26.2. The quantitative estimate of drug-likeness (QED) is 0.393. The van der Waals surface area contributed by atoms with Crippen molar-refractivity contribution in [2.45, 2.75) is 58.3 Å². The van der Waals surface area contributed by atoms with Crippen LogP contribution in [0.1, 0.15) is 68.3 Å². The Hall–Kier alpha value is -3.83. The second-order valence-corrected chi connectivity index (χ2v) is 10.3. The van der Waals surface area contributed by atoms with Crippen LogP contribution in [0.5, 0.6) is 0 Å². The molecule has 8 nitrogen and oxygen atoms in total. The van der Waals surface area contributed by atoms with Crippen LogP contribution in [0, 0.1) is 11.3 Å². The van der Waals surface area contributed by atoms with Crippen LogP contribution in [0.25, 0.3) is 10.8 Å². The van der Waals surface area contributed by atoms with Gasteiger partial charge in [0.15, 0.2) is 0 Å². The summed E-state index contributed by atoms with van der Waals surface area (Å²) in [7, 11) is 0. The van der Waals surface area contributed by atoms with Gasteiger partial charge in [0.2, 0.25) is 0 Å². The van der Waals surface area contributed by atoms with Crippen molar-refractivity contribution >= 4 is 22.8 Å². The fraction of sp³-hybridized carbons (Fsp3) is 0.414. The highest BCUT2D eigenvalue weighted by atomic mass is 16.6. The number of amides is 1. The van der Waals surface area contributed by atoms with Crippen LogP contribution >= 0.6 is 0 Å². The highest BCUT2D eigenvalue weighted by Crippen LogP contribution is 2.41. The Labute approximate surface area is 216 Å². The second-order valence-electron chi connectivity index (χ2n) is 10.3. The summed E-state index contributed by atoms with van der Waals surface area (Å²) < 4.78 is 23.6. The molecule has 1 aromatic heterocycles. The highest BCUT2D eigenvalue weighted by Gasteiger charge is 2.41. The summed E-state index contributed by atoms with van der Waals surface area (Å²) in [5.74, 6) is 0.121. The van der Waals surface area contributed by atoms with Crippen LogP contribution in [-0.4, -0.2) is 48.4 Å². The Kier molecular flexibility index (Phi) is 7.28. The lowest BCUT2D eigenvalue weighted by atomic mass is 9.89. The predicted molar refractivity (Wildman–Crippen MR) is 137 cm³/mol. The van der Waals surface area contributed by atoms with Gasteiger partial charge in [-0.2, -0.15) is 5.26 Å². The van der Waals surface area contributed by atoms with E-state index in [0.29, 0.717) is 42.0 Å². The Morgan fingerprint density at radius 2 is 1.95 bits per heavy atom. The number of carbonyl (C=O) groups is 2. The number of rotatable bonds is 6. The maximum absolute atomic E-state index is 12.6. The lowest BCUT2D eigenvalue weighted by Crippen LogP contribution is -2.38. The molecule has 1 unspecified atom stereocenters. The number of carbonyl (C=O) groups excluding carboxylic acids is 2. The summed E-state index contributed by atoms with van der Waals surface area (Å²) in [5.41, 5.74) is -0.0657. The number of benzene rings is 2. The van der Waals surface area contributed by atoms with Gasteiger partial charge in [-0.05, 0) is 76.9 Å². The molecule has 0 radical (unpaired) electrons. The Morgan fingerprint density at radius 3 is 2.65 bits per heavy atom. The normalized spacial score (nSPS) is 17.3. The molecule has 194 valence electrons. The topological polar surface area (TPSA) is 102 Å². The first-order chi connectivity index (χ1) is 17.5. The zero-order valence-corrected chi connectivity index (χ0v) is 21.9. The monoisotopic (exact) mass is 504 g/mol. The van der Waals surface area contributed by atoms with Gasteiger partial charge in [0.1, 0.15) is 17.0 Å². The Balaban J connectivity index is 1.72. The van der Waals surface area contributed by atoms with Crippen LogP contribution in [0.15, 0.2) is 53.1 Å². The standard InChI is InChI=1S/C29H32N2O6/c1-6-34-26(32)20-8-7-9-22(15-20)29(5,25-24-11-10-19(16-30)14-21(24)18-35-25)36-23-12-13-31(17-23)27(33)37-28(2,3)4/h7-11,14-15,18,23H,6,12-13,17H2,1-5H3/t23-,29?/m0/s1. The molecule has 2 atom stereocenters. The molecule has 1 aliphatic heterocycles. The van der Waals surface area contributed by atoms with Crippen molar-refractivity contribution < 1.29 is 28.2 Å². The summed E-state index contributed by atoms with van der Waals surface area (Å²) in [5, 5.41) is 10.9. The molecule has 2 aromatic carbocycles. The molecule has 4 rings (SSSR count). The molecule has 1 saturated heterocycles. The third-order valence-corrected chi connectivity index (χ3v) is 6.29. The maximum atomic E-state index is 12.6. The summed E-state index contributed by atoms with van der Waals surface area (Å²) in [6.45, 7) is 10.3. The van der Waals surface area contributed by atoms with Crippen LogP contribution in [0.3, 0.4) is 0 Å². The minimum absolute atomic E-state index is 0.267. The molecule has 0 spiro atoms. The molecule has 0 bridgehead atoms. The van der Waals surface area contributed by atoms with Gasteiger partial charge in [-0.3, -0.25) is 0 Å². The van der Waals surface area contributed by atoms with E-state index in [1.807, 2.05) is 39.8 Å². The first-order valence-electron chi connectivity index (χ1n) is 12.4. The van der Waals surface area contributed by atoms with Crippen LogP contribution in [0.2, 0.25) is 0 Å². The highest BCUT2D eigenvalue weighted by molar-refractivity contribution is 5.90. The molecule has 0 aliphatic carbocycles. The molecular weight excluding hydrogens is 472 g/mol. The summed E-state index contributed by atoms with van der Waals surface area (Å²) in [4.78, 5) is 26.8. The molecule has 1 fully saturated rings. The molecule has 1 amide bonds. The maximum Gasteiger partial charge on any atom is 0.410 e. The number of hydrogen-bond donors (Lipinski definition) is 0. The van der Waals surface area contributed by atoms with Gasteiger partial charge in [0.25, 0.3) is 0 Å². The van der Waals surface area contributed by atoms with Crippen molar-refractivity contribution in [2.24, 2.45) is 0 Å². The van der Waals surface area contributed by atoms with Gasteiger partial charge >= 0.3 is 12.1 Å². The van der Waals surface area contributed by atoms with Crippen molar-refractivity contribution in [2.75, 3.05) is 19.7 Å². The molecular formula is C29H32N2O6. The number of nitrogens with zero attached hydrogens (tertiary/aromatic N) is 2. The van der Waals surface area contributed by atoms with Gasteiger partial charge in [-0.15, -0.1) is 0 Å². The predicted octanol–water partition coefficient (Wildman–Crippen LogP) is 5.77. The van der Waals surface area contributed by atoms with Gasteiger partial charge in [0, 0.05) is 17.3 Å². The molecule has 3 aromatic rings. The molecule has 8 heteroatoms. The van der Waals surface area contributed by atoms with E-state index in [0.717, 1.165) is 10.8 Å². The number of nitriles is 1. The minimum Gasteiger partial charge on any atom is -0.465 e. The van der Waals surface area contributed by atoms with E-state index in [1.165, 1.54) is 0 Å². The summed E-state index contributed by atoms with van der Waals surface area (Å²) >= 11 is 0. The Bertz CT molecular complexity index is 1350. The van der Waals surface area contributed by atoms with E-state index < -0.39 is 17.2 Å². The number of likely N-dealkylation sites (tertiary alicyclic amines) is 1. The first-order valence-corrected chi connectivity index (χ1v) is 12.4. The van der Waals surface area contributed by atoms with E-state index in [1.54, 1.807) is 48.4 Å². The number of esters is 1. The van der Waals surface area contributed by atoms with Crippen LogP contribution < -0.4 is 0 Å². The van der Waals surface area contributed by atoms with Gasteiger partial charge in [0.05, 0.1) is 42.7 Å². The van der Waals surface area contributed by atoms with Gasteiger partial charge in [-0.1, -0.05) is 12.1 Å². The van der Waals surface area contributed by atoms with E-state index in [2.05, 4.69) is 6.07 Å². The third-order valence-electron chi connectivity index (χ3n) is 6.29. The van der Waals surface area contributed by atoms with E-state index in [9.17, 15) is 14.9 Å². The lowest BCUT2D eigenvalue weighted by Gasteiger charge is -2.32. The average Bonchev–Trinajstić information content (AvgIpc) is 3.50. The lowest BCUT2D eigenvalue weighted by molar-refractivity contribution is -0.0670.